The first-order valence-corrected chi connectivity index (χ1v) is 9.67. The Balaban J connectivity index is 2.18. The molecule has 0 aliphatic carbocycles. The fourth-order valence-electron chi connectivity index (χ4n) is 3.48. The minimum absolute atomic E-state index is 0.0347. The van der Waals surface area contributed by atoms with E-state index in [1.165, 1.54) is 19.1 Å². The minimum Gasteiger partial charge on any atom is -0.507 e. The van der Waals surface area contributed by atoms with Crippen LogP contribution < -0.4 is 9.47 Å². The number of carbonyl (C=O) groups excluding carboxylic acids is 2. The van der Waals surface area contributed by atoms with Gasteiger partial charge < -0.3 is 24.6 Å². The molecule has 1 atom stereocenters. The number of ether oxygens (including phenoxy) is 2. The van der Waals surface area contributed by atoms with Crippen LogP contribution in [0.15, 0.2) is 48.0 Å². The normalized spacial score (nSPS) is 18.0. The Kier molecular flexibility index (Phi) is 6.64. The molecule has 8 heteroatoms. The van der Waals surface area contributed by atoms with Crippen LogP contribution in [0.25, 0.3) is 5.76 Å². The lowest BCUT2D eigenvalue weighted by Crippen LogP contribution is -2.31. The van der Waals surface area contributed by atoms with E-state index in [4.69, 9.17) is 21.1 Å². The van der Waals surface area contributed by atoms with Crippen molar-refractivity contribution in [3.63, 3.8) is 0 Å². The summed E-state index contributed by atoms with van der Waals surface area (Å²) in [5.74, 6) is -0.907. The highest BCUT2D eigenvalue weighted by Crippen LogP contribution is 2.42. The summed E-state index contributed by atoms with van der Waals surface area (Å²) in [7, 11) is 2.99. The molecule has 0 bridgehead atoms. The SMILES string of the molecule is COc1ccc([C@@H]2C(=C(O)c3ccc(Cl)cc3)C(=O)C(=O)N2CCCO)cc1OC. The number of ketones is 1. The molecule has 1 heterocycles. The molecule has 0 unspecified atom stereocenters. The van der Waals surface area contributed by atoms with Gasteiger partial charge in [-0.05, 0) is 48.4 Å². The number of Topliss-reactive ketones (excluding diaryl/α,β-unsaturated/α-hetero) is 1. The van der Waals surface area contributed by atoms with Crippen molar-refractivity contribution in [1.29, 1.82) is 0 Å². The number of amides is 1. The highest BCUT2D eigenvalue weighted by atomic mass is 35.5. The van der Waals surface area contributed by atoms with Gasteiger partial charge in [0.15, 0.2) is 11.5 Å². The number of hydrogen-bond acceptors (Lipinski definition) is 6. The Hall–Kier alpha value is -3.03. The van der Waals surface area contributed by atoms with Crippen LogP contribution in [-0.4, -0.2) is 54.2 Å². The van der Waals surface area contributed by atoms with Gasteiger partial charge in [-0.15, -0.1) is 0 Å². The molecule has 3 rings (SSSR count). The second-order valence-corrected chi connectivity index (χ2v) is 7.13. The average molecular weight is 432 g/mol. The molecule has 1 amide bonds. The lowest BCUT2D eigenvalue weighted by Gasteiger charge is -2.25. The number of hydrogen-bond donors (Lipinski definition) is 2. The van der Waals surface area contributed by atoms with Crippen LogP contribution in [0.1, 0.15) is 23.6 Å². The van der Waals surface area contributed by atoms with Gasteiger partial charge >= 0.3 is 0 Å². The van der Waals surface area contributed by atoms with Gasteiger partial charge in [-0.25, -0.2) is 0 Å². The summed E-state index contributed by atoms with van der Waals surface area (Å²) < 4.78 is 10.6. The van der Waals surface area contributed by atoms with Gasteiger partial charge in [-0.3, -0.25) is 9.59 Å². The monoisotopic (exact) mass is 431 g/mol. The smallest absolute Gasteiger partial charge is 0.295 e. The van der Waals surface area contributed by atoms with E-state index in [0.717, 1.165) is 0 Å². The Bertz CT molecular complexity index is 986. The molecule has 0 radical (unpaired) electrons. The van der Waals surface area contributed by atoms with Crippen molar-refractivity contribution < 1.29 is 29.3 Å². The quantitative estimate of drug-likeness (QED) is 0.397. The van der Waals surface area contributed by atoms with Crippen LogP contribution in [0.3, 0.4) is 0 Å². The highest BCUT2D eigenvalue weighted by Gasteiger charge is 2.46. The number of aliphatic hydroxyl groups is 2. The molecule has 2 N–H and O–H groups in total. The van der Waals surface area contributed by atoms with Crippen LogP contribution in [0.4, 0.5) is 0 Å². The van der Waals surface area contributed by atoms with Gasteiger partial charge in [0, 0.05) is 23.7 Å². The lowest BCUT2D eigenvalue weighted by molar-refractivity contribution is -0.140. The zero-order valence-electron chi connectivity index (χ0n) is 16.6. The molecule has 0 spiro atoms. The van der Waals surface area contributed by atoms with Crippen LogP contribution in [0, 0.1) is 0 Å². The Morgan fingerprint density at radius 1 is 1.07 bits per heavy atom. The van der Waals surface area contributed by atoms with Gasteiger partial charge in [-0.2, -0.15) is 0 Å². The topological polar surface area (TPSA) is 96.3 Å². The predicted molar refractivity (Wildman–Crippen MR) is 112 cm³/mol. The summed E-state index contributed by atoms with van der Waals surface area (Å²) in [6, 6.07) is 10.5. The first kappa shape index (κ1) is 21.7. The Morgan fingerprint density at radius 2 is 1.73 bits per heavy atom. The molecule has 1 saturated heterocycles. The number of benzene rings is 2. The number of nitrogens with zero attached hydrogens (tertiary/aromatic N) is 1. The lowest BCUT2D eigenvalue weighted by atomic mass is 9.95. The third kappa shape index (κ3) is 3.99. The summed E-state index contributed by atoms with van der Waals surface area (Å²) in [5.41, 5.74) is 0.901. The summed E-state index contributed by atoms with van der Waals surface area (Å²) in [6.45, 7) is 0.0102. The zero-order chi connectivity index (χ0) is 21.8. The van der Waals surface area contributed by atoms with E-state index in [2.05, 4.69) is 0 Å². The Morgan fingerprint density at radius 3 is 2.33 bits per heavy atom. The molecule has 2 aromatic rings. The van der Waals surface area contributed by atoms with Gasteiger partial charge in [0.25, 0.3) is 11.7 Å². The van der Waals surface area contributed by atoms with E-state index in [-0.39, 0.29) is 30.9 Å². The van der Waals surface area contributed by atoms with E-state index >= 15 is 0 Å². The Labute approximate surface area is 179 Å². The largest absolute Gasteiger partial charge is 0.507 e. The second kappa shape index (κ2) is 9.19. The van der Waals surface area contributed by atoms with E-state index in [9.17, 15) is 19.8 Å². The number of likely N-dealkylation sites (tertiary alicyclic amines) is 1. The molecule has 1 aliphatic heterocycles. The van der Waals surface area contributed by atoms with E-state index in [1.807, 2.05) is 0 Å². The molecule has 7 nitrogen and oxygen atoms in total. The number of halogens is 1. The number of aliphatic hydroxyl groups excluding tert-OH is 2. The molecule has 30 heavy (non-hydrogen) atoms. The van der Waals surface area contributed by atoms with Crippen LogP contribution in [0.5, 0.6) is 11.5 Å². The minimum atomic E-state index is -0.841. The number of rotatable bonds is 7. The van der Waals surface area contributed by atoms with Gasteiger partial charge in [0.1, 0.15) is 5.76 Å². The summed E-state index contributed by atoms with van der Waals surface area (Å²) >= 11 is 5.92. The van der Waals surface area contributed by atoms with E-state index in [0.29, 0.717) is 27.6 Å². The summed E-state index contributed by atoms with van der Waals surface area (Å²) in [6.07, 6.45) is 0.289. The van der Waals surface area contributed by atoms with Crippen molar-refractivity contribution in [3.8, 4) is 11.5 Å². The fraction of sp³-hybridized carbons (Fsp3) is 0.273. The second-order valence-electron chi connectivity index (χ2n) is 6.69. The van der Waals surface area contributed by atoms with Crippen molar-refractivity contribution in [3.05, 3.63) is 64.2 Å². The van der Waals surface area contributed by atoms with Crippen molar-refractivity contribution in [2.24, 2.45) is 0 Å². The first-order chi connectivity index (χ1) is 14.4. The van der Waals surface area contributed by atoms with E-state index in [1.54, 1.807) is 42.5 Å². The number of carbonyl (C=O) groups is 2. The maximum Gasteiger partial charge on any atom is 0.295 e. The van der Waals surface area contributed by atoms with Gasteiger partial charge in [0.05, 0.1) is 25.8 Å². The van der Waals surface area contributed by atoms with Crippen molar-refractivity contribution >= 4 is 29.1 Å². The standard InChI is InChI=1S/C22H22ClNO6/c1-29-16-9-6-14(12-17(16)30-2)19-18(20(26)13-4-7-15(23)8-5-13)21(27)22(28)24(19)10-3-11-25/h4-9,12,19,25-26H,3,10-11H2,1-2H3/t19-/m1/s1. The van der Waals surface area contributed by atoms with Crippen molar-refractivity contribution in [2.45, 2.75) is 12.5 Å². The molecule has 1 aliphatic rings. The highest BCUT2D eigenvalue weighted by molar-refractivity contribution is 6.46. The predicted octanol–water partition coefficient (Wildman–Crippen LogP) is 3.16. The molecule has 0 aromatic heterocycles. The van der Waals surface area contributed by atoms with Crippen molar-refractivity contribution in [2.75, 3.05) is 27.4 Å². The maximum absolute atomic E-state index is 12.9. The van der Waals surface area contributed by atoms with Crippen LogP contribution >= 0.6 is 11.6 Å². The summed E-state index contributed by atoms with van der Waals surface area (Å²) in [4.78, 5) is 27.0. The molecule has 2 aromatic carbocycles. The van der Waals surface area contributed by atoms with Crippen LogP contribution in [-0.2, 0) is 9.59 Å². The average Bonchev–Trinajstić information content (AvgIpc) is 3.01. The van der Waals surface area contributed by atoms with Crippen molar-refractivity contribution in [1.82, 2.24) is 4.90 Å². The van der Waals surface area contributed by atoms with Gasteiger partial charge in [-0.1, -0.05) is 17.7 Å². The maximum atomic E-state index is 12.9. The van der Waals surface area contributed by atoms with E-state index < -0.39 is 17.7 Å². The number of methoxy groups -OCH3 is 2. The van der Waals surface area contributed by atoms with Crippen LogP contribution in [0.2, 0.25) is 5.02 Å². The molecule has 1 fully saturated rings. The first-order valence-electron chi connectivity index (χ1n) is 9.30. The third-order valence-corrected chi connectivity index (χ3v) is 5.19. The zero-order valence-corrected chi connectivity index (χ0v) is 17.3. The van der Waals surface area contributed by atoms with Gasteiger partial charge in [0.2, 0.25) is 0 Å². The molecular weight excluding hydrogens is 410 g/mol. The molecule has 0 saturated carbocycles. The fourth-order valence-corrected chi connectivity index (χ4v) is 3.61. The molecular formula is C22H22ClNO6. The summed E-state index contributed by atoms with van der Waals surface area (Å²) in [5, 5.41) is 20.6. The molecule has 158 valence electrons. The third-order valence-electron chi connectivity index (χ3n) is 4.94.